The number of aliphatic hydroxyl groups excluding tert-OH is 3. The molecule has 2 aromatic rings. The molecule has 2 amide bonds. The first-order valence-corrected chi connectivity index (χ1v) is 14.5. The second-order valence-corrected chi connectivity index (χ2v) is 11.4. The number of aromatic hydroxyl groups is 1. The van der Waals surface area contributed by atoms with Crippen molar-refractivity contribution in [1.82, 2.24) is 4.90 Å². The Morgan fingerprint density at radius 1 is 0.975 bits per heavy atom. The third-order valence-corrected chi connectivity index (χ3v) is 8.95. The number of allylic oxidation sites excluding steroid dienone is 1. The highest BCUT2D eigenvalue weighted by Gasteiger charge is 2.56. The molecule has 4 N–H and O–H groups in total. The summed E-state index contributed by atoms with van der Waals surface area (Å²) in [5.41, 5.74) is 3.83. The van der Waals surface area contributed by atoms with Gasteiger partial charge in [0.2, 0.25) is 11.8 Å². The lowest BCUT2D eigenvalue weighted by Crippen LogP contribution is -2.42. The average Bonchev–Trinajstić information content (AvgIpc) is 3.23. The molecule has 2 fully saturated rings. The fourth-order valence-electron chi connectivity index (χ4n) is 7.04. The summed E-state index contributed by atoms with van der Waals surface area (Å²) in [4.78, 5) is 28.6. The van der Waals surface area contributed by atoms with Crippen molar-refractivity contribution in [2.24, 2.45) is 17.8 Å². The molecule has 0 bridgehead atoms. The molecule has 1 aliphatic heterocycles. The number of hydrogen-bond acceptors (Lipinski definition) is 6. The number of fused-ring (bicyclic) bond motifs is 1. The van der Waals surface area contributed by atoms with Crippen LogP contribution in [0.25, 0.3) is 11.6 Å². The Bertz CT molecular complexity index is 1280. The molecular weight excluding hydrogens is 506 g/mol. The largest absolute Gasteiger partial charge is 0.508 e. The Kier molecular flexibility index (Phi) is 8.84. The summed E-state index contributed by atoms with van der Waals surface area (Å²) < 4.78 is 0. The van der Waals surface area contributed by atoms with Gasteiger partial charge in [0.25, 0.3) is 0 Å². The van der Waals surface area contributed by atoms with Gasteiger partial charge < -0.3 is 20.4 Å². The van der Waals surface area contributed by atoms with Crippen LogP contribution in [0.2, 0.25) is 0 Å². The third kappa shape index (κ3) is 5.64. The molecule has 1 saturated heterocycles. The zero-order valence-corrected chi connectivity index (χ0v) is 22.8. The number of phenolic OH excluding ortho intramolecular Hbond substituents is 1. The first kappa shape index (κ1) is 28.3. The van der Waals surface area contributed by atoms with E-state index in [1.54, 1.807) is 18.2 Å². The predicted molar refractivity (Wildman–Crippen MR) is 153 cm³/mol. The van der Waals surface area contributed by atoms with Gasteiger partial charge in [0.15, 0.2) is 0 Å². The molecule has 0 unspecified atom stereocenters. The number of aliphatic hydroxyl groups is 3. The van der Waals surface area contributed by atoms with E-state index in [2.05, 4.69) is 0 Å². The molecule has 5 rings (SSSR count). The smallest absolute Gasteiger partial charge is 0.234 e. The van der Waals surface area contributed by atoms with Crippen LogP contribution in [0.5, 0.6) is 5.75 Å². The number of rotatable bonds is 9. The molecule has 40 heavy (non-hydrogen) atoms. The van der Waals surface area contributed by atoms with Gasteiger partial charge in [0, 0.05) is 12.0 Å². The minimum absolute atomic E-state index is 0.0966. The van der Waals surface area contributed by atoms with E-state index in [1.165, 1.54) is 4.90 Å². The van der Waals surface area contributed by atoms with Crippen molar-refractivity contribution in [2.75, 3.05) is 13.2 Å². The quantitative estimate of drug-likeness (QED) is 0.212. The molecule has 7 heteroatoms. The normalized spacial score (nSPS) is 24.9. The maximum absolute atomic E-state index is 13.7. The zero-order chi connectivity index (χ0) is 28.2. The van der Waals surface area contributed by atoms with Gasteiger partial charge in [0.05, 0.1) is 31.2 Å². The fraction of sp³-hybridized carbons (Fsp3) is 0.455. The van der Waals surface area contributed by atoms with E-state index in [9.17, 15) is 30.0 Å². The van der Waals surface area contributed by atoms with Crippen LogP contribution in [0.1, 0.15) is 62.5 Å². The van der Waals surface area contributed by atoms with Gasteiger partial charge in [0.1, 0.15) is 5.75 Å². The van der Waals surface area contributed by atoms with Gasteiger partial charge in [-0.25, -0.2) is 0 Å². The van der Waals surface area contributed by atoms with Crippen LogP contribution in [0.4, 0.5) is 0 Å². The van der Waals surface area contributed by atoms with Gasteiger partial charge in [-0.15, -0.1) is 0 Å². The maximum atomic E-state index is 13.7. The Morgan fingerprint density at radius 3 is 2.40 bits per heavy atom. The Balaban J connectivity index is 1.40. The van der Waals surface area contributed by atoms with Crippen LogP contribution < -0.4 is 0 Å². The van der Waals surface area contributed by atoms with Crippen molar-refractivity contribution in [3.05, 3.63) is 76.9 Å². The van der Waals surface area contributed by atoms with E-state index < -0.39 is 23.9 Å². The fourth-order valence-corrected chi connectivity index (χ4v) is 7.04. The summed E-state index contributed by atoms with van der Waals surface area (Å²) in [6.45, 7) is -0.707. The van der Waals surface area contributed by atoms with E-state index in [1.807, 2.05) is 42.5 Å². The maximum Gasteiger partial charge on any atom is 0.234 e. The lowest BCUT2D eigenvalue weighted by Gasteiger charge is -2.36. The molecule has 2 aromatic carbocycles. The predicted octanol–water partition coefficient (Wildman–Crippen LogP) is 4.31. The van der Waals surface area contributed by atoms with Gasteiger partial charge in [-0.05, 0) is 72.1 Å². The first-order valence-electron chi connectivity index (χ1n) is 14.5. The van der Waals surface area contributed by atoms with E-state index in [0.29, 0.717) is 24.0 Å². The van der Waals surface area contributed by atoms with Crippen LogP contribution in [0.3, 0.4) is 0 Å². The number of likely N-dealkylation sites (tertiary alicyclic amines) is 1. The van der Waals surface area contributed by atoms with Crippen LogP contribution >= 0.6 is 0 Å². The summed E-state index contributed by atoms with van der Waals surface area (Å²) in [7, 11) is 0. The topological polar surface area (TPSA) is 118 Å². The van der Waals surface area contributed by atoms with Crippen molar-refractivity contribution in [1.29, 1.82) is 0 Å². The number of imide groups is 1. The summed E-state index contributed by atoms with van der Waals surface area (Å²) in [5.74, 6) is -2.29. The highest BCUT2D eigenvalue weighted by molar-refractivity contribution is 6.06. The molecule has 212 valence electrons. The van der Waals surface area contributed by atoms with E-state index in [4.69, 9.17) is 0 Å². The summed E-state index contributed by atoms with van der Waals surface area (Å²) in [6.07, 6.45) is 6.70. The second-order valence-electron chi connectivity index (χ2n) is 11.4. The van der Waals surface area contributed by atoms with Crippen molar-refractivity contribution in [3.8, 4) is 5.75 Å². The molecule has 1 heterocycles. The van der Waals surface area contributed by atoms with E-state index in [-0.39, 0.29) is 43.2 Å². The van der Waals surface area contributed by atoms with Crippen LogP contribution in [0, 0.1) is 17.8 Å². The lowest BCUT2D eigenvalue weighted by molar-refractivity contribution is -0.143. The third-order valence-electron chi connectivity index (χ3n) is 8.95. The zero-order valence-electron chi connectivity index (χ0n) is 22.8. The van der Waals surface area contributed by atoms with Crippen molar-refractivity contribution in [2.45, 2.75) is 63.5 Å². The van der Waals surface area contributed by atoms with Crippen molar-refractivity contribution >= 4 is 23.5 Å². The monoisotopic (exact) mass is 545 g/mol. The molecule has 3 aliphatic rings. The molecule has 0 aromatic heterocycles. The second kappa shape index (κ2) is 12.5. The Labute approximate surface area is 235 Å². The number of carbonyl (C=O) groups is 2. The van der Waals surface area contributed by atoms with Crippen molar-refractivity contribution < 1.29 is 30.0 Å². The SMILES string of the molecule is O=C1[C@@H]2[C@@H](CC(CO)=C([C@H](O)CC/C(=C/c3cccc(O)c3)c3ccccc3)[C@@H]2CO)C(=O)N1C1CCCCC1. The minimum Gasteiger partial charge on any atom is -0.508 e. The Hall–Kier alpha value is -3.26. The highest BCUT2D eigenvalue weighted by atomic mass is 16.3. The molecule has 0 radical (unpaired) electrons. The van der Waals surface area contributed by atoms with Crippen LogP contribution in [-0.4, -0.2) is 62.5 Å². The molecule has 0 spiro atoms. The molecule has 2 aliphatic carbocycles. The highest BCUT2D eigenvalue weighted by Crippen LogP contribution is 2.47. The number of benzene rings is 2. The summed E-state index contributed by atoms with van der Waals surface area (Å²) in [5, 5.41) is 42.2. The molecule has 1 saturated carbocycles. The minimum atomic E-state index is -0.997. The molecule has 4 atom stereocenters. The number of amides is 2. The van der Waals surface area contributed by atoms with Gasteiger partial charge >= 0.3 is 0 Å². The standard InChI is InChI=1S/C33H39NO6/c35-19-24-18-27-31(33(40)34(32(27)39)25-11-5-2-6-12-25)28(20-36)30(24)29(38)15-14-23(22-9-3-1-4-10-22)16-21-8-7-13-26(37)17-21/h1,3-4,7-10,13,16-17,25,27-29,31,35-38H,2,5-6,11-12,14-15,18-20H2/b23-16-/t27-,28+,29-,31-/m1/s1. The first-order chi connectivity index (χ1) is 19.4. The summed E-state index contributed by atoms with van der Waals surface area (Å²) in [6, 6.07) is 16.7. The number of hydrogen-bond donors (Lipinski definition) is 4. The number of carbonyl (C=O) groups excluding carboxylic acids is 2. The number of phenols is 1. The lowest BCUT2D eigenvalue weighted by atomic mass is 9.68. The average molecular weight is 546 g/mol. The van der Waals surface area contributed by atoms with Gasteiger partial charge in [-0.2, -0.15) is 0 Å². The van der Waals surface area contributed by atoms with Crippen molar-refractivity contribution in [3.63, 3.8) is 0 Å². The van der Waals surface area contributed by atoms with Gasteiger partial charge in [-0.1, -0.05) is 67.8 Å². The van der Waals surface area contributed by atoms with E-state index >= 15 is 0 Å². The molecular formula is C33H39NO6. The van der Waals surface area contributed by atoms with Crippen LogP contribution in [0.15, 0.2) is 65.7 Å². The number of nitrogens with zero attached hydrogens (tertiary/aromatic N) is 1. The van der Waals surface area contributed by atoms with E-state index in [0.717, 1.165) is 48.8 Å². The summed E-state index contributed by atoms with van der Waals surface area (Å²) >= 11 is 0. The van der Waals surface area contributed by atoms with Crippen LogP contribution in [-0.2, 0) is 9.59 Å². The van der Waals surface area contributed by atoms with Gasteiger partial charge in [-0.3, -0.25) is 14.5 Å². The Morgan fingerprint density at radius 2 is 1.73 bits per heavy atom. The molecule has 7 nitrogen and oxygen atoms in total.